The number of carbonyl (C=O) groups is 2. The van der Waals surface area contributed by atoms with Crippen molar-refractivity contribution in [3.8, 4) is 0 Å². The van der Waals surface area contributed by atoms with Crippen LogP contribution in [0.3, 0.4) is 0 Å². The Morgan fingerprint density at radius 3 is 2.31 bits per heavy atom. The molecule has 0 spiro atoms. The summed E-state index contributed by atoms with van der Waals surface area (Å²) >= 11 is 18.8. The molecule has 0 radical (unpaired) electrons. The maximum atomic E-state index is 12.8. The lowest BCUT2D eigenvalue weighted by atomic mass is 10.2. The molecule has 2 aliphatic rings. The van der Waals surface area contributed by atoms with Crippen molar-refractivity contribution in [1.82, 2.24) is 4.90 Å². The lowest BCUT2D eigenvalue weighted by Crippen LogP contribution is -2.47. The predicted octanol–water partition coefficient (Wildman–Crippen LogP) is 3.75. The Kier molecular flexibility index (Phi) is 6.14. The second-order valence-electron chi connectivity index (χ2n) is 6.43. The molecule has 26 heavy (non-hydrogen) atoms. The quantitative estimate of drug-likeness (QED) is 0.523. The van der Waals surface area contributed by atoms with Crippen LogP contribution in [0, 0.1) is 0 Å². The van der Waals surface area contributed by atoms with Gasteiger partial charge >= 0.3 is 0 Å². The second-order valence-corrected chi connectivity index (χ2v) is 9.14. The summed E-state index contributed by atoms with van der Waals surface area (Å²) in [4.78, 5) is 28.4. The number of imide groups is 1. The van der Waals surface area contributed by atoms with E-state index in [0.29, 0.717) is 33.1 Å². The smallest absolute Gasteiger partial charge is 0.247 e. The molecule has 0 aromatic heterocycles. The largest absolute Gasteiger partial charge is 0.372 e. The van der Waals surface area contributed by atoms with Gasteiger partial charge in [0.25, 0.3) is 0 Å². The molecule has 0 N–H and O–H groups in total. The summed E-state index contributed by atoms with van der Waals surface area (Å²) in [6, 6.07) is 4.67. The minimum Gasteiger partial charge on any atom is -0.372 e. The molecule has 3 unspecified atom stereocenters. The average Bonchev–Trinajstić information content (AvgIpc) is 2.79. The van der Waals surface area contributed by atoms with E-state index in [-0.39, 0.29) is 30.4 Å². The first-order chi connectivity index (χ1) is 12.2. The summed E-state index contributed by atoms with van der Waals surface area (Å²) in [5, 5.41) is 0.202. The molecule has 3 rings (SSSR count). The van der Waals surface area contributed by atoms with Gasteiger partial charge in [-0.25, -0.2) is 4.90 Å². The van der Waals surface area contributed by atoms with Gasteiger partial charge in [0, 0.05) is 29.6 Å². The lowest BCUT2D eigenvalue weighted by molar-refractivity contribution is -0.121. The number of morpholine rings is 1. The van der Waals surface area contributed by atoms with E-state index >= 15 is 0 Å². The Bertz CT molecular complexity index is 731. The van der Waals surface area contributed by atoms with Crippen molar-refractivity contribution >= 4 is 69.0 Å². The molecule has 5 nitrogen and oxygen atoms in total. The summed E-state index contributed by atoms with van der Waals surface area (Å²) in [6.45, 7) is 5.34. The molecule has 0 saturated carbocycles. The minimum atomic E-state index is -0.541. The van der Waals surface area contributed by atoms with Crippen LogP contribution in [0.5, 0.6) is 0 Å². The van der Waals surface area contributed by atoms with Gasteiger partial charge in [-0.15, -0.1) is 0 Å². The van der Waals surface area contributed by atoms with E-state index in [2.05, 4.69) is 0 Å². The third kappa shape index (κ3) is 4.34. The van der Waals surface area contributed by atoms with Crippen LogP contribution in [0.2, 0.25) is 10.0 Å². The first-order valence-corrected chi connectivity index (χ1v) is 10.2. The van der Waals surface area contributed by atoms with Crippen LogP contribution < -0.4 is 4.90 Å². The van der Waals surface area contributed by atoms with Gasteiger partial charge in [-0.1, -0.05) is 47.2 Å². The molecule has 2 heterocycles. The number of hydrogen-bond acceptors (Lipinski definition) is 5. The summed E-state index contributed by atoms with van der Waals surface area (Å²) < 4.78 is 6.32. The van der Waals surface area contributed by atoms with Crippen molar-refractivity contribution in [1.29, 1.82) is 0 Å². The number of anilines is 1. The molecular weight excluding hydrogens is 415 g/mol. The zero-order chi connectivity index (χ0) is 19.0. The normalized spacial score (nSPS) is 26.5. The van der Waals surface area contributed by atoms with Gasteiger partial charge in [-0.05, 0) is 32.0 Å². The van der Waals surface area contributed by atoms with E-state index < -0.39 is 5.25 Å². The number of benzene rings is 1. The number of ether oxygens (including phenoxy) is 1. The number of halogens is 2. The number of rotatable bonds is 2. The Morgan fingerprint density at radius 2 is 1.73 bits per heavy atom. The van der Waals surface area contributed by atoms with Crippen molar-refractivity contribution < 1.29 is 14.3 Å². The molecule has 140 valence electrons. The van der Waals surface area contributed by atoms with Crippen molar-refractivity contribution in [3.05, 3.63) is 28.2 Å². The molecule has 2 fully saturated rings. The fourth-order valence-corrected chi connectivity index (χ4v) is 5.14. The third-order valence-electron chi connectivity index (χ3n) is 4.13. The number of amides is 2. The van der Waals surface area contributed by atoms with Gasteiger partial charge in [0.2, 0.25) is 11.8 Å². The van der Waals surface area contributed by atoms with Crippen LogP contribution in [0.4, 0.5) is 5.69 Å². The van der Waals surface area contributed by atoms with Crippen molar-refractivity contribution in [2.75, 3.05) is 18.0 Å². The fraction of sp³-hybridized carbons (Fsp3) is 0.471. The highest BCUT2D eigenvalue weighted by atomic mass is 35.5. The monoisotopic (exact) mass is 432 g/mol. The predicted molar refractivity (Wildman–Crippen MR) is 109 cm³/mol. The highest BCUT2D eigenvalue weighted by molar-refractivity contribution is 8.23. The number of thioether (sulfide) groups is 1. The fourth-order valence-electron chi connectivity index (χ4n) is 3.16. The Balaban J connectivity index is 1.71. The summed E-state index contributed by atoms with van der Waals surface area (Å²) in [7, 11) is 0. The SMILES string of the molecule is CC1CN(C(=S)SC2CC(=O)N(c3cc(Cl)cc(Cl)c3)C2=O)CC(C)O1. The molecule has 3 atom stereocenters. The minimum absolute atomic E-state index is 0.0725. The molecule has 2 saturated heterocycles. The van der Waals surface area contributed by atoms with E-state index in [1.54, 1.807) is 18.2 Å². The Labute approximate surface area is 171 Å². The molecule has 1 aromatic rings. The topological polar surface area (TPSA) is 49.9 Å². The van der Waals surface area contributed by atoms with Crippen LogP contribution in [-0.2, 0) is 14.3 Å². The van der Waals surface area contributed by atoms with Gasteiger partial charge in [-0.3, -0.25) is 9.59 Å². The van der Waals surface area contributed by atoms with E-state index in [9.17, 15) is 9.59 Å². The third-order valence-corrected chi connectivity index (χ3v) is 6.23. The van der Waals surface area contributed by atoms with Gasteiger partial charge < -0.3 is 9.64 Å². The van der Waals surface area contributed by atoms with E-state index in [1.165, 1.54) is 11.8 Å². The van der Waals surface area contributed by atoms with Crippen LogP contribution in [0.1, 0.15) is 20.3 Å². The van der Waals surface area contributed by atoms with Crippen molar-refractivity contribution in [2.24, 2.45) is 0 Å². The number of hydrogen-bond donors (Lipinski definition) is 0. The summed E-state index contributed by atoms with van der Waals surface area (Å²) in [5.74, 6) is -0.576. The molecular formula is C17H18Cl2N2O3S2. The van der Waals surface area contributed by atoms with Crippen LogP contribution in [0.15, 0.2) is 18.2 Å². The van der Waals surface area contributed by atoms with Crippen molar-refractivity contribution in [2.45, 2.75) is 37.7 Å². The average molecular weight is 433 g/mol. The van der Waals surface area contributed by atoms with Crippen molar-refractivity contribution in [3.63, 3.8) is 0 Å². The Hall–Kier alpha value is -0.860. The van der Waals surface area contributed by atoms with E-state index in [1.807, 2.05) is 18.7 Å². The zero-order valence-electron chi connectivity index (χ0n) is 14.3. The zero-order valence-corrected chi connectivity index (χ0v) is 17.4. The summed E-state index contributed by atoms with van der Waals surface area (Å²) in [6.07, 6.45) is 0.245. The second kappa shape index (κ2) is 8.02. The van der Waals surface area contributed by atoms with Gasteiger partial charge in [0.05, 0.1) is 17.9 Å². The van der Waals surface area contributed by atoms with Gasteiger partial charge in [0.15, 0.2) is 0 Å². The first-order valence-electron chi connectivity index (χ1n) is 8.18. The molecule has 1 aromatic carbocycles. The number of nitrogens with zero attached hydrogens (tertiary/aromatic N) is 2. The Morgan fingerprint density at radius 1 is 1.15 bits per heavy atom. The number of carbonyl (C=O) groups excluding carboxylic acids is 2. The van der Waals surface area contributed by atoms with Gasteiger partial charge in [-0.2, -0.15) is 0 Å². The molecule has 0 bridgehead atoms. The van der Waals surface area contributed by atoms with Gasteiger partial charge in [0.1, 0.15) is 9.57 Å². The maximum Gasteiger partial charge on any atom is 0.247 e. The van der Waals surface area contributed by atoms with Crippen LogP contribution in [0.25, 0.3) is 0 Å². The molecule has 2 amide bonds. The summed E-state index contributed by atoms with van der Waals surface area (Å²) in [5.41, 5.74) is 0.389. The number of thiocarbonyl (C=S) groups is 1. The van der Waals surface area contributed by atoms with Crippen LogP contribution >= 0.6 is 47.2 Å². The maximum absolute atomic E-state index is 12.8. The van der Waals surface area contributed by atoms with Crippen LogP contribution in [-0.4, -0.2) is 51.6 Å². The van der Waals surface area contributed by atoms with E-state index in [4.69, 9.17) is 40.2 Å². The lowest BCUT2D eigenvalue weighted by Gasteiger charge is -2.36. The first kappa shape index (κ1) is 19.9. The standard InChI is InChI=1S/C17H18Cl2N2O3S2/c1-9-7-20(8-10(2)24-9)17(25)26-14-6-15(22)21(16(14)23)13-4-11(18)3-12(19)5-13/h3-5,9-10,14H,6-8H2,1-2H3. The molecule has 2 aliphatic heterocycles. The highest BCUT2D eigenvalue weighted by Gasteiger charge is 2.41. The van der Waals surface area contributed by atoms with E-state index in [0.717, 1.165) is 4.90 Å². The molecule has 9 heteroatoms. The highest BCUT2D eigenvalue weighted by Crippen LogP contribution is 2.34. The molecule has 0 aliphatic carbocycles.